The molecule has 0 saturated carbocycles. The molecule has 0 spiro atoms. The molecule has 1 amide bonds. The molecule has 0 aromatic carbocycles. The molecule has 0 saturated heterocycles. The number of hydrogen-bond acceptors (Lipinski definition) is 5. The lowest BCUT2D eigenvalue weighted by Crippen LogP contribution is -2.45. The summed E-state index contributed by atoms with van der Waals surface area (Å²) in [6.07, 6.45) is 1.44. The highest BCUT2D eigenvalue weighted by Crippen LogP contribution is 2.04. The van der Waals surface area contributed by atoms with Crippen molar-refractivity contribution in [2.24, 2.45) is 11.7 Å². The van der Waals surface area contributed by atoms with Crippen molar-refractivity contribution in [3.63, 3.8) is 0 Å². The summed E-state index contributed by atoms with van der Waals surface area (Å²) in [6, 6.07) is -0.452. The maximum absolute atomic E-state index is 11.6. The molecular weight excluding hydrogens is 220 g/mol. The minimum atomic E-state index is -0.452. The molecule has 1 aromatic rings. The van der Waals surface area contributed by atoms with Gasteiger partial charge in [0.15, 0.2) is 5.82 Å². The van der Waals surface area contributed by atoms with Crippen molar-refractivity contribution in [1.82, 2.24) is 15.5 Å². The number of aryl methyl sites for hydroxylation is 1. The van der Waals surface area contributed by atoms with Crippen LogP contribution in [-0.4, -0.2) is 28.6 Å². The molecular formula is C11H20N4O2. The zero-order chi connectivity index (χ0) is 12.8. The fraction of sp³-hybridized carbons (Fsp3) is 0.727. The number of nitrogens with two attached hydrogens (primary N) is 1. The third-order valence-corrected chi connectivity index (χ3v) is 2.78. The number of carbonyl (C=O) groups excluding carboxylic acids is 1. The van der Waals surface area contributed by atoms with E-state index in [-0.39, 0.29) is 11.8 Å². The van der Waals surface area contributed by atoms with Crippen LogP contribution < -0.4 is 11.1 Å². The molecule has 0 bridgehead atoms. The molecule has 0 radical (unpaired) electrons. The van der Waals surface area contributed by atoms with Gasteiger partial charge in [0.25, 0.3) is 0 Å². The van der Waals surface area contributed by atoms with Gasteiger partial charge in [-0.3, -0.25) is 4.79 Å². The highest BCUT2D eigenvalue weighted by molar-refractivity contribution is 5.81. The smallest absolute Gasteiger partial charge is 0.237 e. The zero-order valence-electron chi connectivity index (χ0n) is 10.6. The van der Waals surface area contributed by atoms with E-state index in [9.17, 15) is 4.79 Å². The summed E-state index contributed by atoms with van der Waals surface area (Å²) in [4.78, 5) is 15.7. The second kappa shape index (κ2) is 6.34. The molecule has 17 heavy (non-hydrogen) atoms. The normalized spacial score (nSPS) is 14.4. The third kappa shape index (κ3) is 4.14. The van der Waals surface area contributed by atoms with Gasteiger partial charge in [-0.15, -0.1) is 0 Å². The SMILES string of the molecule is CCC(C)[C@H](N)C(=O)NCCc1noc(C)n1. The van der Waals surface area contributed by atoms with Gasteiger partial charge in [-0.05, 0) is 5.92 Å². The van der Waals surface area contributed by atoms with Gasteiger partial charge in [-0.25, -0.2) is 0 Å². The minimum Gasteiger partial charge on any atom is -0.354 e. The van der Waals surface area contributed by atoms with E-state index >= 15 is 0 Å². The fourth-order valence-electron chi connectivity index (χ4n) is 1.37. The van der Waals surface area contributed by atoms with Gasteiger partial charge in [0.05, 0.1) is 6.04 Å². The molecule has 1 rings (SSSR count). The average Bonchev–Trinajstić information content (AvgIpc) is 2.72. The maximum Gasteiger partial charge on any atom is 0.237 e. The molecule has 1 heterocycles. The highest BCUT2D eigenvalue weighted by Gasteiger charge is 2.18. The van der Waals surface area contributed by atoms with Gasteiger partial charge in [-0.1, -0.05) is 25.4 Å². The standard InChI is InChI=1S/C11H20N4O2/c1-4-7(2)10(12)11(16)13-6-5-9-14-8(3)17-15-9/h7,10H,4-6,12H2,1-3H3,(H,13,16)/t7?,10-/m0/s1. The van der Waals surface area contributed by atoms with Crippen LogP contribution in [0.1, 0.15) is 32.0 Å². The van der Waals surface area contributed by atoms with Crippen LogP contribution in [0.5, 0.6) is 0 Å². The quantitative estimate of drug-likeness (QED) is 0.751. The molecule has 1 unspecified atom stereocenters. The fourth-order valence-corrected chi connectivity index (χ4v) is 1.37. The number of nitrogens with one attached hydrogen (secondary N) is 1. The number of hydrogen-bond donors (Lipinski definition) is 2. The zero-order valence-corrected chi connectivity index (χ0v) is 10.6. The average molecular weight is 240 g/mol. The van der Waals surface area contributed by atoms with Crippen LogP contribution >= 0.6 is 0 Å². The number of carbonyl (C=O) groups is 1. The number of rotatable bonds is 6. The van der Waals surface area contributed by atoms with Gasteiger partial charge < -0.3 is 15.6 Å². The predicted molar refractivity (Wildman–Crippen MR) is 63.2 cm³/mol. The Labute approximate surface area is 101 Å². The van der Waals surface area contributed by atoms with E-state index in [4.69, 9.17) is 10.3 Å². The lowest BCUT2D eigenvalue weighted by molar-refractivity contribution is -0.123. The molecule has 2 atom stereocenters. The Morgan fingerprint density at radius 3 is 2.82 bits per heavy atom. The van der Waals surface area contributed by atoms with Crippen molar-refractivity contribution >= 4 is 5.91 Å². The van der Waals surface area contributed by atoms with Gasteiger partial charge in [0.1, 0.15) is 0 Å². The first-order valence-electron chi connectivity index (χ1n) is 5.87. The number of aromatic nitrogens is 2. The Morgan fingerprint density at radius 1 is 1.59 bits per heavy atom. The van der Waals surface area contributed by atoms with Crippen molar-refractivity contribution in [2.45, 2.75) is 39.7 Å². The lowest BCUT2D eigenvalue weighted by Gasteiger charge is -2.17. The second-order valence-corrected chi connectivity index (χ2v) is 4.18. The Balaban J connectivity index is 2.29. The molecule has 96 valence electrons. The molecule has 0 aliphatic heterocycles. The first kappa shape index (κ1) is 13.6. The van der Waals surface area contributed by atoms with Gasteiger partial charge >= 0.3 is 0 Å². The summed E-state index contributed by atoms with van der Waals surface area (Å²) in [7, 11) is 0. The molecule has 1 aromatic heterocycles. The molecule has 6 heteroatoms. The first-order chi connectivity index (χ1) is 8.04. The van der Waals surface area contributed by atoms with Crippen LogP contribution in [-0.2, 0) is 11.2 Å². The van der Waals surface area contributed by atoms with E-state index in [0.717, 1.165) is 6.42 Å². The number of nitrogens with zero attached hydrogens (tertiary/aromatic N) is 2. The predicted octanol–water partition coefficient (Wildman–Crippen LogP) is 0.410. The Morgan fingerprint density at radius 2 is 2.29 bits per heavy atom. The summed E-state index contributed by atoms with van der Waals surface area (Å²) in [5.74, 6) is 1.18. The van der Waals surface area contributed by atoms with Crippen LogP contribution in [0.3, 0.4) is 0 Å². The van der Waals surface area contributed by atoms with Gasteiger partial charge in [0.2, 0.25) is 11.8 Å². The monoisotopic (exact) mass is 240 g/mol. The van der Waals surface area contributed by atoms with E-state index in [1.807, 2.05) is 13.8 Å². The molecule has 0 aliphatic rings. The van der Waals surface area contributed by atoms with Gasteiger partial charge in [0, 0.05) is 19.9 Å². The Kier molecular flexibility index (Phi) is 5.09. The van der Waals surface area contributed by atoms with Crippen LogP contribution in [0.25, 0.3) is 0 Å². The minimum absolute atomic E-state index is 0.125. The topological polar surface area (TPSA) is 94.0 Å². The lowest BCUT2D eigenvalue weighted by atomic mass is 9.99. The van der Waals surface area contributed by atoms with E-state index in [1.165, 1.54) is 0 Å². The second-order valence-electron chi connectivity index (χ2n) is 4.18. The third-order valence-electron chi connectivity index (χ3n) is 2.78. The Bertz CT molecular complexity index is 364. The van der Waals surface area contributed by atoms with E-state index in [2.05, 4.69) is 15.5 Å². The number of amides is 1. The summed E-state index contributed by atoms with van der Waals surface area (Å²) >= 11 is 0. The van der Waals surface area contributed by atoms with Gasteiger partial charge in [-0.2, -0.15) is 4.98 Å². The van der Waals surface area contributed by atoms with E-state index in [1.54, 1.807) is 6.92 Å². The van der Waals surface area contributed by atoms with Crippen molar-refractivity contribution in [3.05, 3.63) is 11.7 Å². The van der Waals surface area contributed by atoms with Crippen LogP contribution in [0.2, 0.25) is 0 Å². The summed E-state index contributed by atoms with van der Waals surface area (Å²) in [6.45, 7) is 6.18. The summed E-state index contributed by atoms with van der Waals surface area (Å²) < 4.78 is 4.83. The Hall–Kier alpha value is -1.43. The maximum atomic E-state index is 11.6. The van der Waals surface area contributed by atoms with Crippen LogP contribution in [0, 0.1) is 12.8 Å². The summed E-state index contributed by atoms with van der Waals surface area (Å²) in [5, 5.41) is 6.51. The highest BCUT2D eigenvalue weighted by atomic mass is 16.5. The van der Waals surface area contributed by atoms with Crippen molar-refractivity contribution in [3.8, 4) is 0 Å². The molecule has 0 fully saturated rings. The van der Waals surface area contributed by atoms with Crippen LogP contribution in [0.15, 0.2) is 4.52 Å². The summed E-state index contributed by atoms with van der Waals surface area (Å²) in [5.41, 5.74) is 5.79. The van der Waals surface area contributed by atoms with Crippen LogP contribution in [0.4, 0.5) is 0 Å². The van der Waals surface area contributed by atoms with E-state index in [0.29, 0.717) is 24.7 Å². The molecule has 3 N–H and O–H groups in total. The van der Waals surface area contributed by atoms with Crippen molar-refractivity contribution in [1.29, 1.82) is 0 Å². The largest absolute Gasteiger partial charge is 0.354 e. The van der Waals surface area contributed by atoms with Crippen molar-refractivity contribution < 1.29 is 9.32 Å². The van der Waals surface area contributed by atoms with Crippen molar-refractivity contribution in [2.75, 3.05) is 6.54 Å². The molecule has 6 nitrogen and oxygen atoms in total. The first-order valence-corrected chi connectivity index (χ1v) is 5.87. The molecule has 0 aliphatic carbocycles. The van der Waals surface area contributed by atoms with E-state index < -0.39 is 6.04 Å².